The maximum absolute atomic E-state index is 5.66. The third-order valence-electron chi connectivity index (χ3n) is 0.759. The molecule has 48 valence electrons. The molecule has 8 heavy (non-hydrogen) atoms. The van der Waals surface area contributed by atoms with Crippen molar-refractivity contribution in [2.75, 3.05) is 5.88 Å². The summed E-state index contributed by atoms with van der Waals surface area (Å²) in [5, 5.41) is 0.877. The van der Waals surface area contributed by atoms with Gasteiger partial charge in [0.25, 0.3) is 0 Å². The van der Waals surface area contributed by atoms with E-state index in [2.05, 4.69) is 6.92 Å². The van der Waals surface area contributed by atoms with Gasteiger partial charge in [-0.3, -0.25) is 0 Å². The van der Waals surface area contributed by atoms with Crippen LogP contribution in [0.25, 0.3) is 0 Å². The first-order chi connectivity index (χ1) is 3.81. The Hall–Kier alpha value is 0.320. The van der Waals surface area contributed by atoms with E-state index in [0.717, 1.165) is 17.9 Å². The summed E-state index contributed by atoms with van der Waals surface area (Å²) in [6, 6.07) is 0. The van der Waals surface area contributed by atoms with Crippen molar-refractivity contribution < 1.29 is 0 Å². The first kappa shape index (κ1) is 8.32. The Morgan fingerprint density at radius 2 is 2.25 bits per heavy atom. The molecule has 0 rings (SSSR count). The molecule has 0 radical (unpaired) electrons. The highest BCUT2D eigenvalue weighted by atomic mass is 35.5. The Labute approximate surface area is 60.5 Å². The maximum Gasteiger partial charge on any atom is 0.0272 e. The SMILES string of the molecule is CCC=C(Cl)CCCl. The summed E-state index contributed by atoms with van der Waals surface area (Å²) in [6.07, 6.45) is 3.77. The Bertz CT molecular complexity index is 76.6. The number of alkyl halides is 1. The zero-order valence-electron chi connectivity index (χ0n) is 4.95. The highest BCUT2D eigenvalue weighted by Gasteiger charge is 1.86. The molecule has 0 atom stereocenters. The molecule has 2 heteroatoms. The molecule has 0 N–H and O–H groups in total. The van der Waals surface area contributed by atoms with Crippen LogP contribution in [0.15, 0.2) is 11.1 Å². The molecular formula is C6H10Cl2. The zero-order chi connectivity index (χ0) is 6.41. The number of allylic oxidation sites excluding steroid dienone is 2. The summed E-state index contributed by atoms with van der Waals surface area (Å²) in [4.78, 5) is 0. The monoisotopic (exact) mass is 152 g/mol. The topological polar surface area (TPSA) is 0 Å². The fourth-order valence-corrected chi connectivity index (χ4v) is 0.963. The van der Waals surface area contributed by atoms with Crippen LogP contribution in [0.1, 0.15) is 19.8 Å². The van der Waals surface area contributed by atoms with Crippen LogP contribution < -0.4 is 0 Å². The Balaban J connectivity index is 3.29. The molecule has 0 nitrogen and oxygen atoms in total. The zero-order valence-corrected chi connectivity index (χ0v) is 6.47. The van der Waals surface area contributed by atoms with Crippen molar-refractivity contribution in [3.63, 3.8) is 0 Å². The molecule has 0 aliphatic heterocycles. The van der Waals surface area contributed by atoms with E-state index in [-0.39, 0.29) is 0 Å². The minimum Gasteiger partial charge on any atom is -0.126 e. The molecule has 0 aromatic carbocycles. The molecule has 0 aromatic heterocycles. The van der Waals surface area contributed by atoms with Crippen LogP contribution in [0.3, 0.4) is 0 Å². The predicted octanol–water partition coefficient (Wildman–Crippen LogP) is 3.15. The summed E-state index contributed by atoms with van der Waals surface area (Å²) >= 11 is 11.1. The van der Waals surface area contributed by atoms with Gasteiger partial charge >= 0.3 is 0 Å². The normalized spacial score (nSPS) is 12.1. The van der Waals surface area contributed by atoms with Crippen LogP contribution in [0.2, 0.25) is 0 Å². The van der Waals surface area contributed by atoms with Gasteiger partial charge in [-0.15, -0.1) is 11.6 Å². The van der Waals surface area contributed by atoms with Gasteiger partial charge in [0.15, 0.2) is 0 Å². The molecule has 0 aliphatic carbocycles. The highest BCUT2D eigenvalue weighted by molar-refractivity contribution is 6.30. The van der Waals surface area contributed by atoms with Crippen molar-refractivity contribution in [3.8, 4) is 0 Å². The van der Waals surface area contributed by atoms with Gasteiger partial charge in [0.05, 0.1) is 0 Å². The molecule has 0 spiro atoms. The van der Waals surface area contributed by atoms with Crippen molar-refractivity contribution in [3.05, 3.63) is 11.1 Å². The molecular weight excluding hydrogens is 143 g/mol. The number of hydrogen-bond acceptors (Lipinski definition) is 0. The minimum atomic E-state index is 0.620. The summed E-state index contributed by atoms with van der Waals surface area (Å²) in [5.41, 5.74) is 0. The molecule has 0 unspecified atom stereocenters. The predicted molar refractivity (Wildman–Crippen MR) is 39.6 cm³/mol. The second-order valence-electron chi connectivity index (χ2n) is 1.50. The summed E-state index contributed by atoms with van der Waals surface area (Å²) in [7, 11) is 0. The van der Waals surface area contributed by atoms with Gasteiger partial charge in [-0.2, -0.15) is 0 Å². The minimum absolute atomic E-state index is 0.620. The number of halogens is 2. The third-order valence-corrected chi connectivity index (χ3v) is 1.29. The molecule has 0 saturated heterocycles. The van der Waals surface area contributed by atoms with Crippen molar-refractivity contribution in [2.24, 2.45) is 0 Å². The average Bonchev–Trinajstić information content (AvgIpc) is 1.68. The fourth-order valence-electron chi connectivity index (χ4n) is 0.414. The Morgan fingerprint density at radius 3 is 2.62 bits per heavy atom. The van der Waals surface area contributed by atoms with Gasteiger partial charge in [-0.1, -0.05) is 24.6 Å². The Kier molecular flexibility index (Phi) is 5.67. The summed E-state index contributed by atoms with van der Waals surface area (Å²) in [5.74, 6) is 0.620. The van der Waals surface area contributed by atoms with E-state index in [1.54, 1.807) is 0 Å². The molecule has 0 heterocycles. The molecule has 0 aromatic rings. The molecule has 0 amide bonds. The quantitative estimate of drug-likeness (QED) is 0.546. The van der Waals surface area contributed by atoms with Crippen LogP contribution in [-0.4, -0.2) is 5.88 Å². The fraction of sp³-hybridized carbons (Fsp3) is 0.667. The molecule has 0 bridgehead atoms. The van der Waals surface area contributed by atoms with Gasteiger partial charge in [-0.25, -0.2) is 0 Å². The van der Waals surface area contributed by atoms with Gasteiger partial charge in [0.2, 0.25) is 0 Å². The lowest BCUT2D eigenvalue weighted by molar-refractivity contribution is 1.14. The number of rotatable bonds is 3. The summed E-state index contributed by atoms with van der Waals surface area (Å²) in [6.45, 7) is 2.05. The lowest BCUT2D eigenvalue weighted by atomic mass is 10.3. The molecule has 0 saturated carbocycles. The van der Waals surface area contributed by atoms with E-state index < -0.39 is 0 Å². The lowest BCUT2D eigenvalue weighted by Crippen LogP contribution is -1.73. The van der Waals surface area contributed by atoms with Gasteiger partial charge in [0.1, 0.15) is 0 Å². The van der Waals surface area contributed by atoms with E-state index in [4.69, 9.17) is 23.2 Å². The van der Waals surface area contributed by atoms with Crippen LogP contribution in [0, 0.1) is 0 Å². The van der Waals surface area contributed by atoms with Crippen molar-refractivity contribution in [1.82, 2.24) is 0 Å². The first-order valence-corrected chi connectivity index (χ1v) is 3.63. The van der Waals surface area contributed by atoms with Crippen molar-refractivity contribution in [1.29, 1.82) is 0 Å². The van der Waals surface area contributed by atoms with E-state index in [1.165, 1.54) is 0 Å². The third kappa shape index (κ3) is 4.48. The van der Waals surface area contributed by atoms with E-state index in [1.807, 2.05) is 6.08 Å². The molecule has 0 fully saturated rings. The second-order valence-corrected chi connectivity index (χ2v) is 2.36. The van der Waals surface area contributed by atoms with Crippen molar-refractivity contribution >= 4 is 23.2 Å². The van der Waals surface area contributed by atoms with E-state index in [0.29, 0.717) is 5.88 Å². The maximum atomic E-state index is 5.66. The molecule has 0 aliphatic rings. The smallest absolute Gasteiger partial charge is 0.0272 e. The van der Waals surface area contributed by atoms with Crippen molar-refractivity contribution in [2.45, 2.75) is 19.8 Å². The second kappa shape index (κ2) is 5.46. The van der Waals surface area contributed by atoms with Gasteiger partial charge < -0.3 is 0 Å². The largest absolute Gasteiger partial charge is 0.126 e. The Morgan fingerprint density at radius 1 is 1.62 bits per heavy atom. The van der Waals surface area contributed by atoms with Crippen LogP contribution in [0.5, 0.6) is 0 Å². The van der Waals surface area contributed by atoms with Crippen LogP contribution >= 0.6 is 23.2 Å². The van der Waals surface area contributed by atoms with E-state index in [9.17, 15) is 0 Å². The van der Waals surface area contributed by atoms with Crippen LogP contribution in [0.4, 0.5) is 0 Å². The van der Waals surface area contributed by atoms with E-state index >= 15 is 0 Å². The number of hydrogen-bond donors (Lipinski definition) is 0. The lowest BCUT2D eigenvalue weighted by Gasteiger charge is -1.89. The van der Waals surface area contributed by atoms with Crippen LogP contribution in [-0.2, 0) is 0 Å². The van der Waals surface area contributed by atoms with Gasteiger partial charge in [0, 0.05) is 10.9 Å². The van der Waals surface area contributed by atoms with Gasteiger partial charge in [-0.05, 0) is 12.8 Å². The first-order valence-electron chi connectivity index (χ1n) is 2.71. The highest BCUT2D eigenvalue weighted by Crippen LogP contribution is 2.08. The average molecular weight is 153 g/mol. The standard InChI is InChI=1S/C6H10Cl2/c1-2-3-6(8)4-5-7/h3H,2,4-5H2,1H3. The summed E-state index contributed by atoms with van der Waals surface area (Å²) < 4.78 is 0.